The fraction of sp³-hybridized carbons (Fsp3) is 0. The van der Waals surface area contributed by atoms with E-state index in [1.807, 2.05) is 60.7 Å². The molecule has 0 saturated carbocycles. The molecule has 0 aliphatic carbocycles. The monoisotopic (exact) mass is 664 g/mol. The van der Waals surface area contributed by atoms with E-state index < -0.39 is 0 Å². The predicted octanol–water partition coefficient (Wildman–Crippen LogP) is 12.2. The third-order valence-electron chi connectivity index (χ3n) is 10.2. The van der Waals surface area contributed by atoms with Crippen LogP contribution in [0.25, 0.3) is 105 Å². The van der Waals surface area contributed by atoms with E-state index in [1.54, 1.807) is 0 Å². The lowest BCUT2D eigenvalue weighted by molar-refractivity contribution is 0.667. The van der Waals surface area contributed by atoms with Crippen molar-refractivity contribution < 1.29 is 4.42 Å². The SMILES string of the molecule is c1ccc(-c2nc(-c3ccccc3)nc(-c3cc4ccccc4c4c3oc3c(-n5c6ccccc6c6c7ccccc7ccc65)cccc34)n2)cc1. The standard InChI is InChI=1S/C47H28N4O/c1-3-15-30(16-4-1)45-48-46(31-17-5-2-6-18-31)50-47(49-45)37-28-32-19-8-10-21-34(32)42-36-23-13-25-40(43(36)52-44(37)42)51-38-24-12-11-22-35(38)41-33-20-9-7-14-29(33)26-27-39(41)51/h1-28H. The van der Waals surface area contributed by atoms with Crippen LogP contribution in [-0.2, 0) is 0 Å². The van der Waals surface area contributed by atoms with Crippen molar-refractivity contribution >= 4 is 65.3 Å². The summed E-state index contributed by atoms with van der Waals surface area (Å²) in [6.07, 6.45) is 0. The number of benzene rings is 8. The fourth-order valence-corrected chi connectivity index (χ4v) is 7.90. The first-order valence-electron chi connectivity index (χ1n) is 17.5. The molecule has 11 aromatic rings. The van der Waals surface area contributed by atoms with Gasteiger partial charge in [-0.05, 0) is 45.8 Å². The molecule has 242 valence electrons. The molecule has 0 radical (unpaired) electrons. The van der Waals surface area contributed by atoms with Crippen molar-refractivity contribution in [3.8, 4) is 39.9 Å². The second-order valence-corrected chi connectivity index (χ2v) is 13.2. The molecule has 0 fully saturated rings. The summed E-state index contributed by atoms with van der Waals surface area (Å²) in [7, 11) is 0. The topological polar surface area (TPSA) is 56.7 Å². The second-order valence-electron chi connectivity index (χ2n) is 13.2. The summed E-state index contributed by atoms with van der Waals surface area (Å²) in [6, 6.07) is 59.0. The van der Waals surface area contributed by atoms with Crippen LogP contribution in [0.5, 0.6) is 0 Å². The highest BCUT2D eigenvalue weighted by Gasteiger charge is 2.23. The van der Waals surface area contributed by atoms with Crippen LogP contribution in [0.1, 0.15) is 0 Å². The van der Waals surface area contributed by atoms with Gasteiger partial charge in [0.25, 0.3) is 0 Å². The summed E-state index contributed by atoms with van der Waals surface area (Å²) in [5, 5.41) is 9.18. The number of rotatable bonds is 4. The van der Waals surface area contributed by atoms with Gasteiger partial charge in [0, 0.05) is 32.7 Å². The Bertz CT molecular complexity index is 3120. The van der Waals surface area contributed by atoms with E-state index >= 15 is 0 Å². The number of aromatic nitrogens is 4. The average molecular weight is 665 g/mol. The van der Waals surface area contributed by atoms with Gasteiger partial charge in [-0.2, -0.15) is 0 Å². The number of fused-ring (bicyclic) bond motifs is 10. The van der Waals surface area contributed by atoms with Gasteiger partial charge in [-0.15, -0.1) is 0 Å². The van der Waals surface area contributed by atoms with E-state index in [4.69, 9.17) is 19.4 Å². The van der Waals surface area contributed by atoms with Crippen LogP contribution in [0, 0.1) is 0 Å². The maximum atomic E-state index is 7.16. The molecule has 0 N–H and O–H groups in total. The average Bonchev–Trinajstić information content (AvgIpc) is 3.78. The Kier molecular flexibility index (Phi) is 6.18. The third kappa shape index (κ3) is 4.26. The molecule has 11 rings (SSSR count). The Labute approximate surface area is 298 Å². The lowest BCUT2D eigenvalue weighted by atomic mass is 9.99. The molecule has 0 bridgehead atoms. The Morgan fingerprint density at radius 1 is 0.385 bits per heavy atom. The molecular formula is C47H28N4O. The van der Waals surface area contributed by atoms with Gasteiger partial charge in [0.05, 0.1) is 22.3 Å². The maximum Gasteiger partial charge on any atom is 0.167 e. The smallest absolute Gasteiger partial charge is 0.167 e. The van der Waals surface area contributed by atoms with Crippen molar-refractivity contribution in [2.24, 2.45) is 0 Å². The number of hydrogen-bond acceptors (Lipinski definition) is 4. The highest BCUT2D eigenvalue weighted by molar-refractivity contribution is 6.25. The molecule has 52 heavy (non-hydrogen) atoms. The molecule has 0 amide bonds. The van der Waals surface area contributed by atoms with E-state index in [-0.39, 0.29) is 0 Å². The maximum absolute atomic E-state index is 7.16. The van der Waals surface area contributed by atoms with Gasteiger partial charge in [0.2, 0.25) is 0 Å². The van der Waals surface area contributed by atoms with E-state index in [0.29, 0.717) is 17.5 Å². The molecule has 5 heteroatoms. The molecule has 0 aliphatic heterocycles. The van der Waals surface area contributed by atoms with Crippen molar-refractivity contribution in [1.82, 2.24) is 19.5 Å². The highest BCUT2D eigenvalue weighted by Crippen LogP contribution is 2.44. The Morgan fingerprint density at radius 2 is 0.962 bits per heavy atom. The quantitative estimate of drug-likeness (QED) is 0.188. The van der Waals surface area contributed by atoms with Gasteiger partial charge >= 0.3 is 0 Å². The molecule has 0 atom stereocenters. The minimum atomic E-state index is 0.562. The zero-order chi connectivity index (χ0) is 34.2. The first kappa shape index (κ1) is 28.7. The minimum Gasteiger partial charge on any atom is -0.453 e. The van der Waals surface area contributed by atoms with Gasteiger partial charge in [-0.3, -0.25) is 0 Å². The molecule has 0 aliphatic rings. The third-order valence-corrected chi connectivity index (χ3v) is 10.2. The Balaban J connectivity index is 1.25. The molecule has 3 heterocycles. The molecule has 3 aromatic heterocycles. The summed E-state index contributed by atoms with van der Waals surface area (Å²) in [4.78, 5) is 15.2. The summed E-state index contributed by atoms with van der Waals surface area (Å²) < 4.78 is 9.51. The van der Waals surface area contributed by atoms with Crippen molar-refractivity contribution in [1.29, 1.82) is 0 Å². The molecule has 0 saturated heterocycles. The van der Waals surface area contributed by atoms with Crippen LogP contribution in [0.3, 0.4) is 0 Å². The second kappa shape index (κ2) is 11.2. The lowest BCUT2D eigenvalue weighted by Crippen LogP contribution is -2.00. The van der Waals surface area contributed by atoms with Gasteiger partial charge in [0.1, 0.15) is 5.58 Å². The van der Waals surface area contributed by atoms with E-state index in [9.17, 15) is 0 Å². The number of para-hydroxylation sites is 2. The van der Waals surface area contributed by atoms with Gasteiger partial charge in [0.15, 0.2) is 23.1 Å². The number of nitrogens with zero attached hydrogens (tertiary/aromatic N) is 4. The van der Waals surface area contributed by atoms with Crippen LogP contribution in [0.4, 0.5) is 0 Å². The van der Waals surface area contributed by atoms with Crippen molar-refractivity contribution in [3.63, 3.8) is 0 Å². The predicted molar refractivity (Wildman–Crippen MR) is 213 cm³/mol. The highest BCUT2D eigenvalue weighted by atomic mass is 16.3. The van der Waals surface area contributed by atoms with Crippen molar-refractivity contribution in [3.05, 3.63) is 170 Å². The van der Waals surface area contributed by atoms with Crippen molar-refractivity contribution in [2.75, 3.05) is 0 Å². The summed E-state index contributed by atoms with van der Waals surface area (Å²) in [5.74, 6) is 1.78. The van der Waals surface area contributed by atoms with Gasteiger partial charge in [-0.1, -0.05) is 146 Å². The first-order valence-corrected chi connectivity index (χ1v) is 17.5. The molecule has 0 unspecified atom stereocenters. The fourth-order valence-electron chi connectivity index (χ4n) is 7.90. The summed E-state index contributed by atoms with van der Waals surface area (Å²) in [5.41, 5.74) is 7.47. The first-order chi connectivity index (χ1) is 25.8. The van der Waals surface area contributed by atoms with Crippen LogP contribution in [-0.4, -0.2) is 19.5 Å². The molecule has 0 spiro atoms. The Morgan fingerprint density at radius 3 is 1.69 bits per heavy atom. The zero-order valence-corrected chi connectivity index (χ0v) is 27.9. The normalized spacial score (nSPS) is 11.8. The van der Waals surface area contributed by atoms with Crippen molar-refractivity contribution in [2.45, 2.75) is 0 Å². The largest absolute Gasteiger partial charge is 0.453 e. The van der Waals surface area contributed by atoms with Crippen LogP contribution in [0.2, 0.25) is 0 Å². The molecular weight excluding hydrogens is 637 g/mol. The van der Waals surface area contributed by atoms with E-state index in [2.05, 4.69) is 114 Å². The van der Waals surface area contributed by atoms with Crippen LogP contribution < -0.4 is 0 Å². The summed E-state index contributed by atoms with van der Waals surface area (Å²) in [6.45, 7) is 0. The van der Waals surface area contributed by atoms with Gasteiger partial charge < -0.3 is 8.98 Å². The minimum absolute atomic E-state index is 0.562. The summed E-state index contributed by atoms with van der Waals surface area (Å²) >= 11 is 0. The number of hydrogen-bond donors (Lipinski definition) is 0. The van der Waals surface area contributed by atoms with Crippen LogP contribution in [0.15, 0.2) is 174 Å². The molecule has 8 aromatic carbocycles. The zero-order valence-electron chi connectivity index (χ0n) is 27.9. The van der Waals surface area contributed by atoms with Gasteiger partial charge in [-0.25, -0.2) is 15.0 Å². The molecule has 5 nitrogen and oxygen atoms in total. The Hall–Kier alpha value is -7.11. The van der Waals surface area contributed by atoms with Crippen LogP contribution >= 0.6 is 0 Å². The van der Waals surface area contributed by atoms with E-state index in [1.165, 1.54) is 21.5 Å². The lowest BCUT2D eigenvalue weighted by Gasteiger charge is -2.10. The van der Waals surface area contributed by atoms with E-state index in [0.717, 1.165) is 66.1 Å². The number of furan rings is 1.